The zero-order chi connectivity index (χ0) is 15.3. The molecule has 1 aliphatic carbocycles. The molecule has 3 atom stereocenters. The third kappa shape index (κ3) is 5.36. The highest BCUT2D eigenvalue weighted by atomic mass is 19.4. The third-order valence-electron chi connectivity index (χ3n) is 3.84. The fourth-order valence-electron chi connectivity index (χ4n) is 2.84. The van der Waals surface area contributed by atoms with Crippen LogP contribution in [0.25, 0.3) is 0 Å². The zero-order valence-electron chi connectivity index (χ0n) is 12.2. The first kappa shape index (κ1) is 16.4. The van der Waals surface area contributed by atoms with Crippen molar-refractivity contribution in [2.24, 2.45) is 0 Å². The summed E-state index contributed by atoms with van der Waals surface area (Å²) in [6.45, 7) is 0.903. The van der Waals surface area contributed by atoms with Crippen LogP contribution in [0, 0.1) is 0 Å². The van der Waals surface area contributed by atoms with Gasteiger partial charge in [0.1, 0.15) is 12.4 Å². The van der Waals surface area contributed by atoms with Crippen molar-refractivity contribution in [1.29, 1.82) is 0 Å². The maximum atomic E-state index is 12.2. The van der Waals surface area contributed by atoms with Gasteiger partial charge in [-0.3, -0.25) is 0 Å². The number of ether oxygens (including phenoxy) is 1. The van der Waals surface area contributed by atoms with Crippen molar-refractivity contribution >= 4 is 0 Å². The second kappa shape index (κ2) is 7.31. The largest absolute Gasteiger partial charge is 0.468 e. The molecule has 1 aromatic rings. The predicted octanol–water partition coefficient (Wildman–Crippen LogP) is 4.21. The Balaban J connectivity index is 1.83. The molecule has 0 bridgehead atoms. The minimum atomic E-state index is -4.25. The lowest BCUT2D eigenvalue weighted by Gasteiger charge is -2.32. The molecule has 1 aromatic heterocycles. The van der Waals surface area contributed by atoms with Crippen LogP contribution in [-0.2, 0) is 4.74 Å². The maximum Gasteiger partial charge on any atom is 0.411 e. The molecule has 0 radical (unpaired) electrons. The van der Waals surface area contributed by atoms with Gasteiger partial charge in [-0.25, -0.2) is 0 Å². The van der Waals surface area contributed by atoms with E-state index in [0.29, 0.717) is 12.8 Å². The quantitative estimate of drug-likeness (QED) is 0.855. The Kier molecular flexibility index (Phi) is 5.70. The molecule has 0 amide bonds. The highest BCUT2D eigenvalue weighted by Crippen LogP contribution is 2.27. The van der Waals surface area contributed by atoms with Crippen molar-refractivity contribution in [1.82, 2.24) is 5.32 Å². The van der Waals surface area contributed by atoms with Crippen LogP contribution in [0.5, 0.6) is 0 Å². The first-order valence-electron chi connectivity index (χ1n) is 7.45. The van der Waals surface area contributed by atoms with E-state index in [-0.39, 0.29) is 18.2 Å². The summed E-state index contributed by atoms with van der Waals surface area (Å²) in [5.74, 6) is 0.871. The standard InChI is InChI=1S/C15H22F3NO2/c1-2-13(14-7-4-8-20-14)19-11-5-3-6-12(9-11)21-10-15(16,17)18/h4,7-8,11-13,19H,2-3,5-6,9-10H2,1H3. The smallest absolute Gasteiger partial charge is 0.411 e. The Labute approximate surface area is 122 Å². The van der Waals surface area contributed by atoms with E-state index < -0.39 is 12.8 Å². The Hall–Kier alpha value is -1.01. The number of rotatable bonds is 6. The molecular formula is C15H22F3NO2. The average Bonchev–Trinajstić information content (AvgIpc) is 2.96. The highest BCUT2D eigenvalue weighted by Gasteiger charge is 2.31. The van der Waals surface area contributed by atoms with E-state index in [1.54, 1.807) is 6.26 Å². The minimum absolute atomic E-state index is 0.103. The van der Waals surface area contributed by atoms with E-state index in [1.165, 1.54) is 0 Å². The van der Waals surface area contributed by atoms with Crippen molar-refractivity contribution in [3.63, 3.8) is 0 Å². The minimum Gasteiger partial charge on any atom is -0.468 e. The number of halogens is 3. The van der Waals surface area contributed by atoms with E-state index >= 15 is 0 Å². The second-order valence-corrected chi connectivity index (χ2v) is 5.55. The lowest BCUT2D eigenvalue weighted by Crippen LogP contribution is -2.39. The van der Waals surface area contributed by atoms with Gasteiger partial charge in [-0.1, -0.05) is 6.92 Å². The SMILES string of the molecule is CCC(NC1CCCC(OCC(F)(F)F)C1)c1ccco1. The molecule has 1 fully saturated rings. The number of hydrogen-bond acceptors (Lipinski definition) is 3. The Morgan fingerprint density at radius 3 is 2.86 bits per heavy atom. The van der Waals surface area contributed by atoms with Gasteiger partial charge in [0.15, 0.2) is 0 Å². The molecule has 1 aliphatic rings. The van der Waals surface area contributed by atoms with Gasteiger partial charge in [0.05, 0.1) is 18.4 Å². The lowest BCUT2D eigenvalue weighted by molar-refractivity contribution is -0.188. The van der Waals surface area contributed by atoms with Crippen molar-refractivity contribution < 1.29 is 22.3 Å². The Morgan fingerprint density at radius 2 is 2.24 bits per heavy atom. The molecule has 6 heteroatoms. The maximum absolute atomic E-state index is 12.2. The zero-order valence-corrected chi connectivity index (χ0v) is 12.2. The normalized spacial score (nSPS) is 25.0. The average molecular weight is 305 g/mol. The fourth-order valence-corrected chi connectivity index (χ4v) is 2.84. The third-order valence-corrected chi connectivity index (χ3v) is 3.84. The lowest BCUT2D eigenvalue weighted by atomic mass is 9.92. The van der Waals surface area contributed by atoms with Crippen LogP contribution in [0.15, 0.2) is 22.8 Å². The van der Waals surface area contributed by atoms with Gasteiger partial charge in [0.2, 0.25) is 0 Å². The first-order chi connectivity index (χ1) is 9.98. The van der Waals surface area contributed by atoms with Gasteiger partial charge in [0, 0.05) is 6.04 Å². The molecule has 3 unspecified atom stereocenters. The predicted molar refractivity (Wildman–Crippen MR) is 72.9 cm³/mol. The molecule has 120 valence electrons. The molecule has 1 heterocycles. The van der Waals surface area contributed by atoms with Crippen LogP contribution in [0.3, 0.4) is 0 Å². The van der Waals surface area contributed by atoms with Gasteiger partial charge in [0.25, 0.3) is 0 Å². The summed E-state index contributed by atoms with van der Waals surface area (Å²) in [6, 6.07) is 4.04. The molecule has 0 aliphatic heterocycles. The molecule has 0 aromatic carbocycles. The van der Waals surface area contributed by atoms with E-state index in [4.69, 9.17) is 9.15 Å². The van der Waals surface area contributed by atoms with Gasteiger partial charge >= 0.3 is 6.18 Å². The Bertz CT molecular complexity index is 406. The summed E-state index contributed by atoms with van der Waals surface area (Å²) >= 11 is 0. The van der Waals surface area contributed by atoms with Crippen LogP contribution in [0.4, 0.5) is 13.2 Å². The van der Waals surface area contributed by atoms with Crippen molar-refractivity contribution in [3.8, 4) is 0 Å². The van der Waals surface area contributed by atoms with E-state index in [2.05, 4.69) is 12.2 Å². The van der Waals surface area contributed by atoms with Crippen molar-refractivity contribution in [2.75, 3.05) is 6.61 Å². The van der Waals surface area contributed by atoms with Gasteiger partial charge in [-0.2, -0.15) is 13.2 Å². The molecular weight excluding hydrogens is 283 g/mol. The summed E-state index contributed by atoms with van der Waals surface area (Å²) < 4.78 is 47.0. The fraction of sp³-hybridized carbons (Fsp3) is 0.733. The number of furan rings is 1. The van der Waals surface area contributed by atoms with Crippen molar-refractivity contribution in [2.45, 2.75) is 63.4 Å². The Morgan fingerprint density at radius 1 is 1.43 bits per heavy atom. The summed E-state index contributed by atoms with van der Waals surface area (Å²) in [6.07, 6.45) is 1.11. The van der Waals surface area contributed by atoms with Gasteiger partial charge in [-0.15, -0.1) is 0 Å². The summed E-state index contributed by atoms with van der Waals surface area (Å²) in [5, 5.41) is 3.48. The van der Waals surface area contributed by atoms with Gasteiger partial charge in [-0.05, 0) is 44.2 Å². The van der Waals surface area contributed by atoms with E-state index in [0.717, 1.165) is 25.0 Å². The van der Waals surface area contributed by atoms with E-state index in [1.807, 2.05) is 12.1 Å². The molecule has 1 saturated carbocycles. The summed E-state index contributed by atoms with van der Waals surface area (Å²) in [7, 11) is 0. The van der Waals surface area contributed by atoms with Gasteiger partial charge < -0.3 is 14.5 Å². The molecule has 0 saturated heterocycles. The topological polar surface area (TPSA) is 34.4 Å². The van der Waals surface area contributed by atoms with Crippen LogP contribution in [0.2, 0.25) is 0 Å². The monoisotopic (exact) mass is 305 g/mol. The molecule has 21 heavy (non-hydrogen) atoms. The van der Waals surface area contributed by atoms with Crippen LogP contribution in [-0.4, -0.2) is 24.9 Å². The summed E-state index contributed by atoms with van der Waals surface area (Å²) in [4.78, 5) is 0. The van der Waals surface area contributed by atoms with E-state index in [9.17, 15) is 13.2 Å². The second-order valence-electron chi connectivity index (χ2n) is 5.55. The number of nitrogens with one attached hydrogen (secondary N) is 1. The number of alkyl halides is 3. The molecule has 1 N–H and O–H groups in total. The number of hydrogen-bond donors (Lipinski definition) is 1. The molecule has 3 nitrogen and oxygen atoms in total. The van der Waals surface area contributed by atoms with Crippen molar-refractivity contribution in [3.05, 3.63) is 24.2 Å². The van der Waals surface area contributed by atoms with Crippen LogP contribution < -0.4 is 5.32 Å². The van der Waals surface area contributed by atoms with Crippen LogP contribution in [0.1, 0.15) is 50.8 Å². The molecule has 2 rings (SSSR count). The summed E-state index contributed by atoms with van der Waals surface area (Å²) in [5.41, 5.74) is 0. The molecule has 0 spiro atoms. The first-order valence-corrected chi connectivity index (χ1v) is 7.45. The highest BCUT2D eigenvalue weighted by molar-refractivity contribution is 5.04. The van der Waals surface area contributed by atoms with Crippen LogP contribution >= 0.6 is 0 Å².